The number of hydrogen-bond donors (Lipinski definition) is 2. The first-order valence-corrected chi connectivity index (χ1v) is 8.43. The zero-order chi connectivity index (χ0) is 17.1. The van der Waals surface area contributed by atoms with Gasteiger partial charge in [-0.05, 0) is 36.8 Å². The van der Waals surface area contributed by atoms with E-state index in [1.807, 2.05) is 43.3 Å². The molecule has 0 bridgehead atoms. The van der Waals surface area contributed by atoms with Gasteiger partial charge in [-0.3, -0.25) is 9.59 Å². The van der Waals surface area contributed by atoms with E-state index >= 15 is 0 Å². The van der Waals surface area contributed by atoms with E-state index in [2.05, 4.69) is 26.6 Å². The van der Waals surface area contributed by atoms with Gasteiger partial charge >= 0.3 is 0 Å². The molecule has 0 aliphatic carbocycles. The lowest BCUT2D eigenvalue weighted by Crippen LogP contribution is -2.41. The molecule has 0 radical (unpaired) electrons. The predicted molar refractivity (Wildman–Crippen MR) is 94.8 cm³/mol. The lowest BCUT2D eigenvalue weighted by Gasteiger charge is -2.25. The molecule has 0 saturated carbocycles. The number of fused-ring (bicyclic) bond motifs is 1. The van der Waals surface area contributed by atoms with E-state index in [0.29, 0.717) is 11.4 Å². The van der Waals surface area contributed by atoms with Crippen LogP contribution in [0.2, 0.25) is 0 Å². The van der Waals surface area contributed by atoms with Crippen molar-refractivity contribution in [3.8, 4) is 5.75 Å². The molecule has 0 unspecified atom stereocenters. The van der Waals surface area contributed by atoms with E-state index in [-0.39, 0.29) is 24.3 Å². The van der Waals surface area contributed by atoms with Crippen LogP contribution in [0.25, 0.3) is 0 Å². The van der Waals surface area contributed by atoms with Crippen molar-refractivity contribution in [3.63, 3.8) is 0 Å². The third kappa shape index (κ3) is 3.76. The van der Waals surface area contributed by atoms with Crippen molar-refractivity contribution in [2.75, 3.05) is 5.32 Å². The van der Waals surface area contributed by atoms with Crippen LogP contribution >= 0.6 is 15.9 Å². The lowest BCUT2D eigenvalue weighted by atomic mass is 10.1. The summed E-state index contributed by atoms with van der Waals surface area (Å²) in [6.07, 6.45) is -0.849. The number of amides is 2. The van der Waals surface area contributed by atoms with Crippen molar-refractivity contribution in [3.05, 3.63) is 58.6 Å². The lowest BCUT2D eigenvalue weighted by molar-refractivity contribution is -0.130. The maximum absolute atomic E-state index is 12.2. The predicted octanol–water partition coefficient (Wildman–Crippen LogP) is 3.42. The first-order valence-electron chi connectivity index (χ1n) is 7.64. The van der Waals surface area contributed by atoms with Gasteiger partial charge in [0.05, 0.1) is 18.2 Å². The third-order valence-electron chi connectivity index (χ3n) is 3.82. The topological polar surface area (TPSA) is 67.4 Å². The molecule has 3 rings (SSSR count). The molecule has 5 nitrogen and oxygen atoms in total. The van der Waals surface area contributed by atoms with Crippen LogP contribution in [0.3, 0.4) is 0 Å². The molecule has 2 atom stereocenters. The molecule has 2 amide bonds. The van der Waals surface area contributed by atoms with Crippen molar-refractivity contribution in [1.29, 1.82) is 0 Å². The number of ether oxygens (including phenoxy) is 1. The number of halogens is 1. The minimum absolute atomic E-state index is 0.0268. The highest BCUT2D eigenvalue weighted by atomic mass is 79.9. The SMILES string of the molecule is C[C@@H](NC(=O)C[C@H]1Oc2ccccc2NC1=O)c1ccc(Br)cc1. The van der Waals surface area contributed by atoms with Gasteiger partial charge < -0.3 is 15.4 Å². The van der Waals surface area contributed by atoms with E-state index in [9.17, 15) is 9.59 Å². The summed E-state index contributed by atoms with van der Waals surface area (Å²) >= 11 is 3.38. The number of anilines is 1. The molecule has 24 heavy (non-hydrogen) atoms. The molecule has 2 aromatic carbocycles. The second-order valence-electron chi connectivity index (χ2n) is 5.64. The van der Waals surface area contributed by atoms with E-state index in [1.165, 1.54) is 0 Å². The Hall–Kier alpha value is -2.34. The summed E-state index contributed by atoms with van der Waals surface area (Å²) in [5.74, 6) is 0.0425. The van der Waals surface area contributed by atoms with Gasteiger partial charge in [0, 0.05) is 4.47 Å². The first kappa shape index (κ1) is 16.5. The zero-order valence-electron chi connectivity index (χ0n) is 13.1. The highest BCUT2D eigenvalue weighted by molar-refractivity contribution is 9.10. The summed E-state index contributed by atoms with van der Waals surface area (Å²) in [6.45, 7) is 1.90. The number of hydrogen-bond acceptors (Lipinski definition) is 3. The molecule has 1 aliphatic rings. The molecule has 6 heteroatoms. The molecule has 1 aliphatic heterocycles. The monoisotopic (exact) mass is 388 g/mol. The van der Waals surface area contributed by atoms with E-state index in [1.54, 1.807) is 12.1 Å². The fourth-order valence-electron chi connectivity index (χ4n) is 2.53. The summed E-state index contributed by atoms with van der Waals surface area (Å²) in [5, 5.41) is 5.65. The van der Waals surface area contributed by atoms with Crippen molar-refractivity contribution < 1.29 is 14.3 Å². The molecular formula is C18H17BrN2O3. The number of carbonyl (C=O) groups is 2. The van der Waals surface area contributed by atoms with Crippen LogP contribution in [0.4, 0.5) is 5.69 Å². The number of nitrogens with one attached hydrogen (secondary N) is 2. The second-order valence-corrected chi connectivity index (χ2v) is 6.55. The molecule has 0 spiro atoms. The largest absolute Gasteiger partial charge is 0.478 e. The number of para-hydroxylation sites is 2. The van der Waals surface area contributed by atoms with Gasteiger partial charge in [-0.15, -0.1) is 0 Å². The Balaban J connectivity index is 1.61. The summed E-state index contributed by atoms with van der Waals surface area (Å²) in [6, 6.07) is 14.7. The number of rotatable bonds is 4. The minimum Gasteiger partial charge on any atom is -0.478 e. The molecule has 2 aromatic rings. The Morgan fingerprint density at radius 2 is 1.96 bits per heavy atom. The van der Waals surface area contributed by atoms with Crippen LogP contribution in [0.5, 0.6) is 5.75 Å². The standard InChI is InChI=1S/C18H17BrN2O3/c1-11(12-6-8-13(19)9-7-12)20-17(22)10-16-18(23)21-14-4-2-3-5-15(14)24-16/h2-9,11,16H,10H2,1H3,(H,20,22)(H,21,23)/t11-,16-/m1/s1. The fraction of sp³-hybridized carbons (Fsp3) is 0.222. The van der Waals surface area contributed by atoms with Crippen LogP contribution in [-0.2, 0) is 9.59 Å². The summed E-state index contributed by atoms with van der Waals surface area (Å²) in [5.41, 5.74) is 1.62. The normalized spacial score (nSPS) is 17.2. The third-order valence-corrected chi connectivity index (χ3v) is 4.35. The smallest absolute Gasteiger partial charge is 0.266 e. The van der Waals surface area contributed by atoms with Crippen LogP contribution in [0.1, 0.15) is 24.9 Å². The van der Waals surface area contributed by atoms with Crippen molar-refractivity contribution >= 4 is 33.4 Å². The van der Waals surface area contributed by atoms with Gasteiger partial charge in [0.15, 0.2) is 6.10 Å². The minimum atomic E-state index is -0.822. The molecule has 0 aromatic heterocycles. The maximum Gasteiger partial charge on any atom is 0.266 e. The van der Waals surface area contributed by atoms with E-state index < -0.39 is 6.10 Å². The molecular weight excluding hydrogens is 372 g/mol. The highest BCUT2D eigenvalue weighted by Crippen LogP contribution is 2.29. The van der Waals surface area contributed by atoms with E-state index in [4.69, 9.17) is 4.74 Å². The molecule has 124 valence electrons. The second kappa shape index (κ2) is 7.05. The van der Waals surface area contributed by atoms with Crippen LogP contribution in [-0.4, -0.2) is 17.9 Å². The van der Waals surface area contributed by atoms with Gasteiger partial charge in [0.2, 0.25) is 5.91 Å². The molecule has 0 fully saturated rings. The van der Waals surface area contributed by atoms with Crippen LogP contribution in [0, 0.1) is 0 Å². The summed E-state index contributed by atoms with van der Waals surface area (Å²) < 4.78 is 6.62. The fourth-order valence-corrected chi connectivity index (χ4v) is 2.79. The quantitative estimate of drug-likeness (QED) is 0.842. The van der Waals surface area contributed by atoms with E-state index in [0.717, 1.165) is 10.0 Å². The number of benzene rings is 2. The average Bonchev–Trinajstić information content (AvgIpc) is 2.56. The maximum atomic E-state index is 12.2. The first-order chi connectivity index (χ1) is 11.5. The highest BCUT2D eigenvalue weighted by Gasteiger charge is 2.29. The molecule has 2 N–H and O–H groups in total. The molecule has 1 heterocycles. The van der Waals surface area contributed by atoms with Gasteiger partial charge in [0.1, 0.15) is 5.75 Å². The Morgan fingerprint density at radius 1 is 1.25 bits per heavy atom. The Kier molecular flexibility index (Phi) is 4.85. The average molecular weight is 389 g/mol. The van der Waals surface area contributed by atoms with Gasteiger partial charge in [-0.25, -0.2) is 0 Å². The Bertz CT molecular complexity index is 761. The molecule has 0 saturated heterocycles. The Morgan fingerprint density at radius 3 is 2.71 bits per heavy atom. The van der Waals surface area contributed by atoms with Gasteiger partial charge in [-0.1, -0.05) is 40.2 Å². The van der Waals surface area contributed by atoms with Crippen molar-refractivity contribution in [2.24, 2.45) is 0 Å². The van der Waals surface area contributed by atoms with Crippen molar-refractivity contribution in [1.82, 2.24) is 5.32 Å². The van der Waals surface area contributed by atoms with Crippen LogP contribution in [0.15, 0.2) is 53.0 Å². The van der Waals surface area contributed by atoms with Gasteiger partial charge in [0.25, 0.3) is 5.91 Å². The Labute approximate surface area is 148 Å². The van der Waals surface area contributed by atoms with Crippen LogP contribution < -0.4 is 15.4 Å². The van der Waals surface area contributed by atoms with Crippen molar-refractivity contribution in [2.45, 2.75) is 25.5 Å². The summed E-state index contributed by atoms with van der Waals surface area (Å²) in [4.78, 5) is 24.3. The summed E-state index contributed by atoms with van der Waals surface area (Å²) in [7, 11) is 0. The zero-order valence-corrected chi connectivity index (χ0v) is 14.7. The number of carbonyl (C=O) groups excluding carboxylic acids is 2. The van der Waals surface area contributed by atoms with Gasteiger partial charge in [-0.2, -0.15) is 0 Å².